The van der Waals surface area contributed by atoms with Gasteiger partial charge in [0.2, 0.25) is 0 Å². The summed E-state index contributed by atoms with van der Waals surface area (Å²) in [5, 5.41) is 12.8. The maximum atomic E-state index is 12.3. The lowest BCUT2D eigenvalue weighted by molar-refractivity contribution is 0.103. The fourth-order valence-corrected chi connectivity index (χ4v) is 3.12. The first kappa shape index (κ1) is 12.8. The topological polar surface area (TPSA) is 65.8 Å². The van der Waals surface area contributed by atoms with Gasteiger partial charge in [0, 0.05) is 11.6 Å². The quantitative estimate of drug-likeness (QED) is 0.938. The minimum absolute atomic E-state index is 0.151. The Morgan fingerprint density at radius 2 is 2.30 bits per heavy atom. The highest BCUT2D eigenvalue weighted by atomic mass is 32.1. The van der Waals surface area contributed by atoms with E-state index in [4.69, 9.17) is 5.26 Å². The van der Waals surface area contributed by atoms with Crippen LogP contribution in [-0.2, 0) is 0 Å². The number of hydrogen-bond acceptors (Lipinski definition) is 4. The zero-order valence-corrected chi connectivity index (χ0v) is 11.8. The first-order valence-electron chi connectivity index (χ1n) is 6.46. The van der Waals surface area contributed by atoms with Gasteiger partial charge in [0.15, 0.2) is 0 Å². The Morgan fingerprint density at radius 3 is 3.00 bits per heavy atom. The summed E-state index contributed by atoms with van der Waals surface area (Å²) in [6, 6.07) is 8.96. The standard InChI is InChI=1S/C15H13N3OS/c1-9-13(20-15(17-9)11-5-6-11)14(19)18-12-4-2-3-10(7-12)8-16/h2-4,7,11H,5-6H2,1H3,(H,18,19). The van der Waals surface area contributed by atoms with Crippen molar-refractivity contribution in [3.05, 3.63) is 45.4 Å². The van der Waals surface area contributed by atoms with Gasteiger partial charge in [0.25, 0.3) is 5.91 Å². The molecule has 5 heteroatoms. The average molecular weight is 283 g/mol. The van der Waals surface area contributed by atoms with E-state index in [2.05, 4.69) is 16.4 Å². The molecule has 2 aromatic rings. The van der Waals surface area contributed by atoms with Crippen molar-refractivity contribution in [2.24, 2.45) is 0 Å². The van der Waals surface area contributed by atoms with E-state index in [1.54, 1.807) is 24.3 Å². The van der Waals surface area contributed by atoms with E-state index in [9.17, 15) is 4.79 Å². The summed E-state index contributed by atoms with van der Waals surface area (Å²) in [5.74, 6) is 0.407. The van der Waals surface area contributed by atoms with Crippen LogP contribution in [0, 0.1) is 18.3 Å². The molecule has 4 nitrogen and oxygen atoms in total. The number of hydrogen-bond donors (Lipinski definition) is 1. The summed E-state index contributed by atoms with van der Waals surface area (Å²) >= 11 is 1.48. The molecule has 0 unspecified atom stereocenters. The molecule has 1 aromatic heterocycles. The van der Waals surface area contributed by atoms with Crippen molar-refractivity contribution in [1.29, 1.82) is 5.26 Å². The largest absolute Gasteiger partial charge is 0.321 e. The molecule has 1 heterocycles. The third-order valence-electron chi connectivity index (χ3n) is 3.20. The molecule has 0 saturated heterocycles. The number of nitriles is 1. The molecule has 0 aliphatic heterocycles. The molecule has 3 rings (SSSR count). The number of benzene rings is 1. The zero-order valence-electron chi connectivity index (χ0n) is 11.0. The Bertz CT molecular complexity index is 710. The van der Waals surface area contributed by atoms with Crippen molar-refractivity contribution in [3.63, 3.8) is 0 Å². The van der Waals surface area contributed by atoms with Gasteiger partial charge in [-0.25, -0.2) is 4.98 Å². The van der Waals surface area contributed by atoms with Gasteiger partial charge in [-0.1, -0.05) is 6.07 Å². The summed E-state index contributed by atoms with van der Waals surface area (Å²) in [5.41, 5.74) is 1.95. The van der Waals surface area contributed by atoms with Crippen LogP contribution in [0.4, 0.5) is 5.69 Å². The summed E-state index contributed by atoms with van der Waals surface area (Å²) in [6.45, 7) is 1.86. The van der Waals surface area contributed by atoms with E-state index < -0.39 is 0 Å². The molecule has 100 valence electrons. The molecule has 1 amide bonds. The van der Waals surface area contributed by atoms with Gasteiger partial charge < -0.3 is 5.32 Å². The average Bonchev–Trinajstić information content (AvgIpc) is 3.22. The second-order valence-electron chi connectivity index (χ2n) is 4.89. The van der Waals surface area contributed by atoms with Crippen molar-refractivity contribution >= 4 is 22.9 Å². The van der Waals surface area contributed by atoms with Crippen LogP contribution < -0.4 is 5.32 Å². The lowest BCUT2D eigenvalue weighted by Gasteiger charge is -2.03. The van der Waals surface area contributed by atoms with Crippen molar-refractivity contribution in [3.8, 4) is 6.07 Å². The number of rotatable bonds is 3. The summed E-state index contributed by atoms with van der Waals surface area (Å²) in [7, 11) is 0. The van der Waals surface area contributed by atoms with E-state index >= 15 is 0 Å². The molecule has 1 aromatic carbocycles. The number of carbonyl (C=O) groups excluding carboxylic acids is 1. The summed E-state index contributed by atoms with van der Waals surface area (Å²) in [6.07, 6.45) is 2.36. The van der Waals surface area contributed by atoms with E-state index in [1.807, 2.05) is 6.92 Å². The molecule has 1 fully saturated rings. The summed E-state index contributed by atoms with van der Waals surface area (Å²) < 4.78 is 0. The maximum absolute atomic E-state index is 12.3. The predicted octanol–water partition coefficient (Wildman–Crippen LogP) is 3.45. The van der Waals surface area contributed by atoms with Gasteiger partial charge >= 0.3 is 0 Å². The predicted molar refractivity (Wildman–Crippen MR) is 77.9 cm³/mol. The van der Waals surface area contributed by atoms with Crippen LogP contribution in [0.3, 0.4) is 0 Å². The van der Waals surface area contributed by atoms with E-state index in [-0.39, 0.29) is 5.91 Å². The number of amides is 1. The van der Waals surface area contributed by atoms with Crippen molar-refractivity contribution in [2.45, 2.75) is 25.7 Å². The second kappa shape index (κ2) is 5.06. The van der Waals surface area contributed by atoms with Crippen LogP contribution in [0.2, 0.25) is 0 Å². The fraction of sp³-hybridized carbons (Fsp3) is 0.267. The highest BCUT2D eigenvalue weighted by Gasteiger charge is 2.28. The van der Waals surface area contributed by atoms with Crippen molar-refractivity contribution in [1.82, 2.24) is 4.98 Å². The van der Waals surface area contributed by atoms with Gasteiger partial charge in [0.1, 0.15) is 4.88 Å². The lowest BCUT2D eigenvalue weighted by Crippen LogP contribution is -2.11. The number of nitrogens with one attached hydrogen (secondary N) is 1. The molecular weight excluding hydrogens is 270 g/mol. The lowest BCUT2D eigenvalue weighted by atomic mass is 10.2. The van der Waals surface area contributed by atoms with Gasteiger partial charge in [-0.05, 0) is 38.0 Å². The highest BCUT2D eigenvalue weighted by Crippen LogP contribution is 2.42. The van der Waals surface area contributed by atoms with Gasteiger partial charge in [0.05, 0.1) is 22.3 Å². The molecular formula is C15H13N3OS. The van der Waals surface area contributed by atoms with E-state index in [0.717, 1.165) is 10.7 Å². The Balaban J connectivity index is 1.80. The van der Waals surface area contributed by atoms with Gasteiger partial charge in [-0.3, -0.25) is 4.79 Å². The fourth-order valence-electron chi connectivity index (χ4n) is 1.99. The summed E-state index contributed by atoms with van der Waals surface area (Å²) in [4.78, 5) is 17.4. The van der Waals surface area contributed by atoms with Gasteiger partial charge in [-0.2, -0.15) is 5.26 Å². The van der Waals surface area contributed by atoms with Crippen LogP contribution in [0.25, 0.3) is 0 Å². The number of thiazole rings is 1. The molecule has 0 bridgehead atoms. The van der Waals surface area contributed by atoms with Crippen LogP contribution >= 0.6 is 11.3 Å². The zero-order chi connectivity index (χ0) is 14.1. The second-order valence-corrected chi connectivity index (χ2v) is 5.92. The Hall–Kier alpha value is -2.19. The van der Waals surface area contributed by atoms with E-state index in [1.165, 1.54) is 24.2 Å². The first-order valence-corrected chi connectivity index (χ1v) is 7.28. The normalized spacial score (nSPS) is 13.8. The number of aromatic nitrogens is 1. The van der Waals surface area contributed by atoms with Crippen LogP contribution in [0.15, 0.2) is 24.3 Å². The molecule has 0 radical (unpaired) electrons. The number of nitrogens with zero attached hydrogens (tertiary/aromatic N) is 2. The molecule has 1 saturated carbocycles. The third kappa shape index (κ3) is 2.56. The molecule has 0 atom stereocenters. The Kier molecular flexibility index (Phi) is 3.25. The maximum Gasteiger partial charge on any atom is 0.267 e. The van der Waals surface area contributed by atoms with Crippen LogP contribution in [0.1, 0.15) is 44.7 Å². The first-order chi connectivity index (χ1) is 9.67. The Labute approximate surface area is 121 Å². The molecule has 20 heavy (non-hydrogen) atoms. The van der Waals surface area contributed by atoms with Crippen LogP contribution in [-0.4, -0.2) is 10.9 Å². The monoisotopic (exact) mass is 283 g/mol. The minimum atomic E-state index is -0.151. The number of anilines is 1. The molecule has 0 spiro atoms. The van der Waals surface area contributed by atoms with Crippen LogP contribution in [0.5, 0.6) is 0 Å². The molecule has 1 aliphatic rings. The number of aryl methyl sites for hydroxylation is 1. The van der Waals surface area contributed by atoms with Crippen molar-refractivity contribution in [2.75, 3.05) is 5.32 Å². The van der Waals surface area contributed by atoms with Gasteiger partial charge in [-0.15, -0.1) is 11.3 Å². The Morgan fingerprint density at radius 1 is 1.50 bits per heavy atom. The molecule has 1 aliphatic carbocycles. The number of carbonyl (C=O) groups is 1. The SMILES string of the molecule is Cc1nc(C2CC2)sc1C(=O)Nc1cccc(C#N)c1. The van der Waals surface area contributed by atoms with Crippen molar-refractivity contribution < 1.29 is 4.79 Å². The highest BCUT2D eigenvalue weighted by molar-refractivity contribution is 7.14. The van der Waals surface area contributed by atoms with E-state index in [0.29, 0.717) is 22.0 Å². The smallest absolute Gasteiger partial charge is 0.267 e. The third-order valence-corrected chi connectivity index (χ3v) is 4.51. The minimum Gasteiger partial charge on any atom is -0.321 e. The molecule has 1 N–H and O–H groups in total.